The van der Waals surface area contributed by atoms with Crippen LogP contribution in [0.2, 0.25) is 0 Å². The van der Waals surface area contributed by atoms with E-state index in [0.29, 0.717) is 5.69 Å². The Morgan fingerprint density at radius 3 is 3.11 bits per heavy atom. The van der Waals surface area contributed by atoms with Crippen molar-refractivity contribution in [1.82, 2.24) is 20.2 Å². The standard InChI is InChI=1S/C11H14N6O2/c1-19-6-10(12)11(18)14-8-3-2-4-9(5-8)17-7-13-15-16-17/h2-5,7,10H,6,12H2,1H3,(H,14,18). The highest BCUT2D eigenvalue weighted by molar-refractivity contribution is 5.94. The lowest BCUT2D eigenvalue weighted by atomic mass is 10.2. The van der Waals surface area contributed by atoms with Crippen molar-refractivity contribution < 1.29 is 9.53 Å². The van der Waals surface area contributed by atoms with Crippen molar-refractivity contribution in [2.75, 3.05) is 19.0 Å². The van der Waals surface area contributed by atoms with Crippen LogP contribution >= 0.6 is 0 Å². The number of amides is 1. The van der Waals surface area contributed by atoms with Gasteiger partial charge >= 0.3 is 0 Å². The number of ether oxygens (including phenoxy) is 1. The summed E-state index contributed by atoms with van der Waals surface area (Å²) in [4.78, 5) is 11.7. The second kappa shape index (κ2) is 6.03. The van der Waals surface area contributed by atoms with Crippen LogP contribution in [0.5, 0.6) is 0 Å². The van der Waals surface area contributed by atoms with E-state index < -0.39 is 6.04 Å². The van der Waals surface area contributed by atoms with Crippen LogP contribution in [0.1, 0.15) is 0 Å². The molecule has 1 atom stereocenters. The highest BCUT2D eigenvalue weighted by Crippen LogP contribution is 2.13. The Balaban J connectivity index is 2.09. The third kappa shape index (κ3) is 3.33. The normalized spacial score (nSPS) is 12.1. The molecule has 0 aliphatic rings. The zero-order valence-electron chi connectivity index (χ0n) is 10.4. The van der Waals surface area contributed by atoms with Gasteiger partial charge in [-0.2, -0.15) is 0 Å². The van der Waals surface area contributed by atoms with Gasteiger partial charge in [-0.15, -0.1) is 5.10 Å². The molecule has 0 radical (unpaired) electrons. The predicted molar refractivity (Wildman–Crippen MR) is 67.6 cm³/mol. The smallest absolute Gasteiger partial charge is 0.243 e. The molecule has 1 unspecified atom stereocenters. The number of benzene rings is 1. The second-order valence-electron chi connectivity index (χ2n) is 3.86. The maximum atomic E-state index is 11.7. The largest absolute Gasteiger partial charge is 0.383 e. The molecule has 8 heteroatoms. The Morgan fingerprint density at radius 1 is 1.58 bits per heavy atom. The van der Waals surface area contributed by atoms with E-state index in [1.54, 1.807) is 18.2 Å². The van der Waals surface area contributed by atoms with Gasteiger partial charge in [0.2, 0.25) is 5.91 Å². The quantitative estimate of drug-likeness (QED) is 0.757. The van der Waals surface area contributed by atoms with E-state index >= 15 is 0 Å². The van der Waals surface area contributed by atoms with Crippen molar-refractivity contribution in [3.63, 3.8) is 0 Å². The SMILES string of the molecule is COCC(N)C(=O)Nc1cccc(-n2cnnn2)c1. The molecule has 8 nitrogen and oxygen atoms in total. The minimum atomic E-state index is -0.707. The van der Waals surface area contributed by atoms with Gasteiger partial charge in [-0.1, -0.05) is 6.07 Å². The molecule has 0 fully saturated rings. The maximum Gasteiger partial charge on any atom is 0.243 e. The number of nitrogens with two attached hydrogens (primary N) is 1. The minimum Gasteiger partial charge on any atom is -0.383 e. The van der Waals surface area contributed by atoms with Gasteiger partial charge in [-0.25, -0.2) is 4.68 Å². The molecule has 0 bridgehead atoms. The van der Waals surface area contributed by atoms with Crippen LogP contribution in [-0.2, 0) is 9.53 Å². The number of anilines is 1. The number of methoxy groups -OCH3 is 1. The van der Waals surface area contributed by atoms with Gasteiger partial charge in [-0.3, -0.25) is 4.79 Å². The molecule has 1 amide bonds. The predicted octanol–water partition coefficient (Wildman–Crippen LogP) is -0.425. The minimum absolute atomic E-state index is 0.165. The highest BCUT2D eigenvalue weighted by Gasteiger charge is 2.13. The number of nitrogens with zero attached hydrogens (tertiary/aromatic N) is 4. The summed E-state index contributed by atoms with van der Waals surface area (Å²) in [5.41, 5.74) is 6.99. The lowest BCUT2D eigenvalue weighted by Gasteiger charge is -2.11. The Hall–Kier alpha value is -2.32. The molecular formula is C11H14N6O2. The Bertz CT molecular complexity index is 542. The number of rotatable bonds is 5. The first-order valence-corrected chi connectivity index (χ1v) is 5.59. The lowest BCUT2D eigenvalue weighted by Crippen LogP contribution is -2.39. The average Bonchev–Trinajstić information content (AvgIpc) is 2.93. The molecule has 19 heavy (non-hydrogen) atoms. The first-order chi connectivity index (χ1) is 9.20. The summed E-state index contributed by atoms with van der Waals surface area (Å²) in [5.74, 6) is -0.310. The van der Waals surface area contributed by atoms with Crippen molar-refractivity contribution in [2.45, 2.75) is 6.04 Å². The maximum absolute atomic E-state index is 11.7. The fraction of sp³-hybridized carbons (Fsp3) is 0.273. The summed E-state index contributed by atoms with van der Waals surface area (Å²) >= 11 is 0. The van der Waals surface area contributed by atoms with E-state index in [1.807, 2.05) is 6.07 Å². The van der Waals surface area contributed by atoms with Gasteiger partial charge in [0, 0.05) is 12.8 Å². The number of hydrogen-bond acceptors (Lipinski definition) is 6. The van der Waals surface area contributed by atoms with Gasteiger partial charge in [0.05, 0.1) is 12.3 Å². The fourth-order valence-corrected chi connectivity index (χ4v) is 1.50. The van der Waals surface area contributed by atoms with E-state index in [9.17, 15) is 4.79 Å². The van der Waals surface area contributed by atoms with Crippen molar-refractivity contribution in [1.29, 1.82) is 0 Å². The third-order valence-electron chi connectivity index (χ3n) is 2.41. The van der Waals surface area contributed by atoms with Crippen molar-refractivity contribution in [3.8, 4) is 5.69 Å². The van der Waals surface area contributed by atoms with E-state index in [2.05, 4.69) is 20.8 Å². The summed E-state index contributed by atoms with van der Waals surface area (Å²) < 4.78 is 6.32. The number of tetrazole rings is 1. The Kier molecular flexibility index (Phi) is 4.16. The van der Waals surface area contributed by atoms with Crippen molar-refractivity contribution in [2.24, 2.45) is 5.73 Å². The topological polar surface area (TPSA) is 108 Å². The van der Waals surface area contributed by atoms with Gasteiger partial charge in [0.25, 0.3) is 0 Å². The van der Waals surface area contributed by atoms with Crippen LogP contribution in [0.4, 0.5) is 5.69 Å². The summed E-state index contributed by atoms with van der Waals surface area (Å²) in [7, 11) is 1.49. The van der Waals surface area contributed by atoms with E-state index in [0.717, 1.165) is 5.69 Å². The molecule has 1 aromatic carbocycles. The molecule has 0 spiro atoms. The number of nitrogens with one attached hydrogen (secondary N) is 1. The third-order valence-corrected chi connectivity index (χ3v) is 2.41. The van der Waals surface area contributed by atoms with E-state index in [1.165, 1.54) is 18.1 Å². The number of hydrogen-bond donors (Lipinski definition) is 2. The van der Waals surface area contributed by atoms with E-state index in [4.69, 9.17) is 10.5 Å². The van der Waals surface area contributed by atoms with Crippen LogP contribution in [0, 0.1) is 0 Å². The first kappa shape index (κ1) is 13.1. The zero-order chi connectivity index (χ0) is 13.7. The lowest BCUT2D eigenvalue weighted by molar-refractivity contribution is -0.118. The van der Waals surface area contributed by atoms with Crippen molar-refractivity contribution in [3.05, 3.63) is 30.6 Å². The van der Waals surface area contributed by atoms with Crippen LogP contribution in [-0.4, -0.2) is 45.9 Å². The molecule has 1 aromatic heterocycles. The molecule has 0 aliphatic carbocycles. The van der Waals surface area contributed by atoms with Gasteiger partial charge in [-0.05, 0) is 28.6 Å². The van der Waals surface area contributed by atoms with Gasteiger partial charge < -0.3 is 15.8 Å². The van der Waals surface area contributed by atoms with Crippen molar-refractivity contribution >= 4 is 11.6 Å². The molecule has 1 heterocycles. The molecule has 3 N–H and O–H groups in total. The number of carbonyl (C=O) groups is 1. The van der Waals surface area contributed by atoms with E-state index in [-0.39, 0.29) is 12.5 Å². The average molecular weight is 262 g/mol. The van der Waals surface area contributed by atoms with Gasteiger partial charge in [0.1, 0.15) is 12.4 Å². The molecule has 100 valence electrons. The molecule has 0 aliphatic heterocycles. The molecule has 2 rings (SSSR count). The van der Waals surface area contributed by atoms with Crippen LogP contribution in [0.15, 0.2) is 30.6 Å². The number of carbonyl (C=O) groups excluding carboxylic acids is 1. The second-order valence-corrected chi connectivity index (χ2v) is 3.86. The summed E-state index contributed by atoms with van der Waals surface area (Å²) in [6, 6.07) is 6.40. The molecular weight excluding hydrogens is 248 g/mol. The molecule has 0 saturated carbocycles. The van der Waals surface area contributed by atoms with Crippen LogP contribution in [0.3, 0.4) is 0 Å². The monoisotopic (exact) mass is 262 g/mol. The summed E-state index contributed by atoms with van der Waals surface area (Å²) in [6.45, 7) is 0.165. The first-order valence-electron chi connectivity index (χ1n) is 5.59. The summed E-state index contributed by atoms with van der Waals surface area (Å²) in [6.07, 6.45) is 1.47. The number of aromatic nitrogens is 4. The zero-order valence-corrected chi connectivity index (χ0v) is 10.4. The molecule has 2 aromatic rings. The fourth-order valence-electron chi connectivity index (χ4n) is 1.50. The Labute approximate surface area is 109 Å². The Morgan fingerprint density at radius 2 is 2.42 bits per heavy atom. The van der Waals surface area contributed by atoms with Crippen LogP contribution in [0.25, 0.3) is 5.69 Å². The molecule has 0 saturated heterocycles. The van der Waals surface area contributed by atoms with Gasteiger partial charge in [0.15, 0.2) is 0 Å². The highest BCUT2D eigenvalue weighted by atomic mass is 16.5. The van der Waals surface area contributed by atoms with Crippen LogP contribution < -0.4 is 11.1 Å². The summed E-state index contributed by atoms with van der Waals surface area (Å²) in [5, 5.41) is 13.6.